The van der Waals surface area contributed by atoms with E-state index in [1.54, 1.807) is 12.1 Å². The number of aromatic hydroxyl groups is 1. The van der Waals surface area contributed by atoms with E-state index in [0.717, 1.165) is 0 Å². The highest BCUT2D eigenvalue weighted by molar-refractivity contribution is 9.10. The summed E-state index contributed by atoms with van der Waals surface area (Å²) in [5, 5.41) is 14.7. The Bertz CT molecular complexity index is 475. The summed E-state index contributed by atoms with van der Waals surface area (Å²) in [5.41, 5.74) is 0.303. The van der Waals surface area contributed by atoms with Crippen LogP contribution in [0.3, 0.4) is 0 Å². The Hall–Kier alpha value is -1.56. The first-order valence-electron chi connectivity index (χ1n) is 5.93. The molecule has 0 aliphatic carbocycles. The molecule has 0 spiro atoms. The predicted octanol–water partition coefficient (Wildman–Crippen LogP) is 1.66. The lowest BCUT2D eigenvalue weighted by Crippen LogP contribution is -2.38. The van der Waals surface area contributed by atoms with Gasteiger partial charge >= 0.3 is 0 Å². The van der Waals surface area contributed by atoms with Crippen molar-refractivity contribution in [2.24, 2.45) is 5.92 Å². The molecule has 1 aromatic rings. The van der Waals surface area contributed by atoms with Crippen LogP contribution in [0.15, 0.2) is 22.7 Å². The summed E-state index contributed by atoms with van der Waals surface area (Å²) in [7, 11) is 0. The van der Waals surface area contributed by atoms with E-state index in [1.165, 1.54) is 6.07 Å². The summed E-state index contributed by atoms with van der Waals surface area (Å²) < 4.78 is 0.513. The van der Waals surface area contributed by atoms with E-state index in [4.69, 9.17) is 0 Å². The minimum absolute atomic E-state index is 0.0168. The molecule has 0 heterocycles. The van der Waals surface area contributed by atoms with Crippen LogP contribution in [0.1, 0.15) is 24.2 Å². The van der Waals surface area contributed by atoms with E-state index in [0.29, 0.717) is 22.5 Å². The van der Waals surface area contributed by atoms with E-state index < -0.39 is 5.91 Å². The van der Waals surface area contributed by atoms with Gasteiger partial charge in [0, 0.05) is 12.1 Å². The molecule has 0 saturated heterocycles. The van der Waals surface area contributed by atoms with E-state index in [1.807, 2.05) is 13.8 Å². The SMILES string of the molecule is CC(C)CNC(=O)CNC(=O)c1ccc(Br)c(O)c1. The van der Waals surface area contributed by atoms with Crippen LogP contribution in [0, 0.1) is 5.92 Å². The van der Waals surface area contributed by atoms with Crippen LogP contribution in [-0.4, -0.2) is 30.0 Å². The van der Waals surface area contributed by atoms with Gasteiger partial charge in [-0.3, -0.25) is 9.59 Å². The van der Waals surface area contributed by atoms with Gasteiger partial charge in [0.2, 0.25) is 5.91 Å². The quantitative estimate of drug-likeness (QED) is 0.769. The zero-order valence-electron chi connectivity index (χ0n) is 10.9. The first-order chi connectivity index (χ1) is 8.90. The summed E-state index contributed by atoms with van der Waals surface area (Å²) in [4.78, 5) is 23.2. The van der Waals surface area contributed by atoms with Gasteiger partial charge in [0.25, 0.3) is 5.91 Å². The Labute approximate surface area is 120 Å². The van der Waals surface area contributed by atoms with Gasteiger partial charge in [-0.25, -0.2) is 0 Å². The van der Waals surface area contributed by atoms with Crippen molar-refractivity contribution in [1.82, 2.24) is 10.6 Å². The topological polar surface area (TPSA) is 78.4 Å². The normalized spacial score (nSPS) is 10.3. The number of phenols is 1. The Balaban J connectivity index is 2.47. The summed E-state index contributed by atoms with van der Waals surface area (Å²) in [6.45, 7) is 4.48. The van der Waals surface area contributed by atoms with Gasteiger partial charge in [0.05, 0.1) is 11.0 Å². The minimum Gasteiger partial charge on any atom is -0.507 e. The Morgan fingerprint density at radius 1 is 1.32 bits per heavy atom. The predicted molar refractivity (Wildman–Crippen MR) is 76.0 cm³/mol. The van der Waals surface area contributed by atoms with Crippen molar-refractivity contribution in [1.29, 1.82) is 0 Å². The molecule has 0 radical (unpaired) electrons. The standard InChI is InChI=1S/C13H17BrN2O3/c1-8(2)6-15-12(18)7-16-13(19)9-3-4-10(14)11(17)5-9/h3-5,8,17H,6-7H2,1-2H3,(H,15,18)(H,16,19). The Morgan fingerprint density at radius 3 is 2.58 bits per heavy atom. The second-order valence-electron chi connectivity index (χ2n) is 4.55. The van der Waals surface area contributed by atoms with Gasteiger partial charge in [-0.1, -0.05) is 13.8 Å². The van der Waals surface area contributed by atoms with Gasteiger partial charge in [-0.15, -0.1) is 0 Å². The molecular formula is C13H17BrN2O3. The summed E-state index contributed by atoms with van der Waals surface area (Å²) in [6, 6.07) is 4.47. The van der Waals surface area contributed by atoms with Crippen LogP contribution in [0.4, 0.5) is 0 Å². The van der Waals surface area contributed by atoms with Gasteiger partial charge < -0.3 is 15.7 Å². The maximum absolute atomic E-state index is 11.7. The number of benzene rings is 1. The van der Waals surface area contributed by atoms with Crippen LogP contribution < -0.4 is 10.6 Å². The van der Waals surface area contributed by atoms with Crippen LogP contribution in [-0.2, 0) is 4.79 Å². The second kappa shape index (κ2) is 7.13. The first-order valence-corrected chi connectivity index (χ1v) is 6.73. The highest BCUT2D eigenvalue weighted by Gasteiger charge is 2.10. The van der Waals surface area contributed by atoms with E-state index in [-0.39, 0.29) is 18.2 Å². The maximum atomic E-state index is 11.7. The summed E-state index contributed by atoms with van der Waals surface area (Å²) in [5.74, 6) is -0.286. The van der Waals surface area contributed by atoms with Gasteiger partial charge in [-0.2, -0.15) is 0 Å². The summed E-state index contributed by atoms with van der Waals surface area (Å²) in [6.07, 6.45) is 0. The second-order valence-corrected chi connectivity index (χ2v) is 5.40. The fraction of sp³-hybridized carbons (Fsp3) is 0.385. The van der Waals surface area contributed by atoms with Crippen molar-refractivity contribution >= 4 is 27.7 Å². The van der Waals surface area contributed by atoms with Gasteiger partial charge in [0.1, 0.15) is 5.75 Å². The molecule has 2 amide bonds. The molecule has 0 aliphatic rings. The molecule has 0 aromatic heterocycles. The average Bonchev–Trinajstić information content (AvgIpc) is 2.36. The highest BCUT2D eigenvalue weighted by atomic mass is 79.9. The van der Waals surface area contributed by atoms with Crippen molar-refractivity contribution in [2.45, 2.75) is 13.8 Å². The molecule has 0 unspecified atom stereocenters. The largest absolute Gasteiger partial charge is 0.507 e. The summed E-state index contributed by atoms with van der Waals surface area (Å²) >= 11 is 3.13. The lowest BCUT2D eigenvalue weighted by atomic mass is 10.2. The van der Waals surface area contributed by atoms with Crippen LogP contribution >= 0.6 is 15.9 Å². The van der Waals surface area contributed by atoms with Crippen molar-refractivity contribution in [3.05, 3.63) is 28.2 Å². The third-order valence-electron chi connectivity index (χ3n) is 2.33. The molecule has 0 atom stereocenters. The average molecular weight is 329 g/mol. The zero-order chi connectivity index (χ0) is 14.4. The lowest BCUT2D eigenvalue weighted by Gasteiger charge is -2.09. The van der Waals surface area contributed by atoms with E-state index >= 15 is 0 Å². The molecule has 6 heteroatoms. The minimum atomic E-state index is -0.400. The maximum Gasteiger partial charge on any atom is 0.251 e. The van der Waals surface area contributed by atoms with E-state index in [2.05, 4.69) is 26.6 Å². The van der Waals surface area contributed by atoms with Crippen molar-refractivity contribution in [3.8, 4) is 5.75 Å². The molecule has 1 rings (SSSR count). The number of carbonyl (C=O) groups is 2. The van der Waals surface area contributed by atoms with Crippen LogP contribution in [0.5, 0.6) is 5.75 Å². The van der Waals surface area contributed by atoms with Gasteiger partial charge in [-0.05, 0) is 40.0 Å². The number of hydrogen-bond acceptors (Lipinski definition) is 3. The monoisotopic (exact) mass is 328 g/mol. The fourth-order valence-corrected chi connectivity index (χ4v) is 1.54. The molecule has 0 saturated carbocycles. The zero-order valence-corrected chi connectivity index (χ0v) is 12.5. The number of amides is 2. The molecule has 104 valence electrons. The van der Waals surface area contributed by atoms with Crippen molar-refractivity contribution < 1.29 is 14.7 Å². The Morgan fingerprint density at radius 2 is 2.00 bits per heavy atom. The number of rotatable bonds is 5. The molecule has 1 aromatic carbocycles. The smallest absolute Gasteiger partial charge is 0.251 e. The molecule has 3 N–H and O–H groups in total. The number of nitrogens with one attached hydrogen (secondary N) is 2. The third kappa shape index (κ3) is 5.30. The van der Waals surface area contributed by atoms with E-state index in [9.17, 15) is 14.7 Å². The molecule has 19 heavy (non-hydrogen) atoms. The van der Waals surface area contributed by atoms with Crippen molar-refractivity contribution in [3.63, 3.8) is 0 Å². The molecule has 0 bridgehead atoms. The van der Waals surface area contributed by atoms with Crippen LogP contribution in [0.2, 0.25) is 0 Å². The third-order valence-corrected chi connectivity index (χ3v) is 3.00. The lowest BCUT2D eigenvalue weighted by molar-refractivity contribution is -0.120. The van der Waals surface area contributed by atoms with Crippen LogP contribution in [0.25, 0.3) is 0 Å². The highest BCUT2D eigenvalue weighted by Crippen LogP contribution is 2.24. The number of halogens is 1. The number of hydrogen-bond donors (Lipinski definition) is 3. The molecular weight excluding hydrogens is 312 g/mol. The molecule has 0 aliphatic heterocycles. The fourth-order valence-electron chi connectivity index (χ4n) is 1.30. The molecule has 0 fully saturated rings. The number of carbonyl (C=O) groups excluding carboxylic acids is 2. The Kier molecular flexibility index (Phi) is 5.82. The van der Waals surface area contributed by atoms with Gasteiger partial charge in [0.15, 0.2) is 0 Å². The van der Waals surface area contributed by atoms with Crippen molar-refractivity contribution in [2.75, 3.05) is 13.1 Å². The number of phenolic OH excluding ortho intramolecular Hbond substituents is 1. The first kappa shape index (κ1) is 15.5. The molecule has 5 nitrogen and oxygen atoms in total.